The van der Waals surface area contributed by atoms with E-state index in [1.807, 2.05) is 33.8 Å². The Balaban J connectivity index is 1.99. The lowest BCUT2D eigenvalue weighted by atomic mass is 9.78. The van der Waals surface area contributed by atoms with Gasteiger partial charge in [-0.25, -0.2) is 4.79 Å². The molecule has 0 aromatic carbocycles. The van der Waals surface area contributed by atoms with E-state index in [0.717, 1.165) is 5.69 Å². The summed E-state index contributed by atoms with van der Waals surface area (Å²) in [6.45, 7) is 8.45. The van der Waals surface area contributed by atoms with E-state index >= 15 is 0 Å². The van der Waals surface area contributed by atoms with Crippen LogP contribution in [-0.4, -0.2) is 45.4 Å². The van der Waals surface area contributed by atoms with Crippen molar-refractivity contribution in [2.45, 2.75) is 57.7 Å². The molecule has 0 aliphatic carbocycles. The number of likely N-dealkylation sites (tertiary alicyclic amines) is 1. The molecule has 1 aliphatic rings. The van der Waals surface area contributed by atoms with Crippen LogP contribution in [0.4, 0.5) is 4.79 Å². The van der Waals surface area contributed by atoms with Crippen LogP contribution in [0, 0.1) is 0 Å². The molecular weight excluding hydrogens is 316 g/mol. The van der Waals surface area contributed by atoms with Crippen LogP contribution < -0.4 is 0 Å². The van der Waals surface area contributed by atoms with Gasteiger partial charge in [-0.05, 0) is 45.7 Å². The van der Waals surface area contributed by atoms with Crippen LogP contribution in [0.1, 0.15) is 52.1 Å². The second-order valence-electron chi connectivity index (χ2n) is 7.19. The van der Waals surface area contributed by atoms with Crippen LogP contribution in [0.5, 0.6) is 0 Å². The van der Waals surface area contributed by atoms with Gasteiger partial charge in [0.25, 0.3) is 0 Å². The first-order chi connectivity index (χ1) is 10.6. The number of carbonyl (C=O) groups is 1. The molecule has 1 aromatic heterocycles. The molecule has 1 amide bonds. The largest absolute Gasteiger partial charge is 0.444 e. The molecule has 1 fully saturated rings. The number of pyridine rings is 1. The Morgan fingerprint density at radius 2 is 2.00 bits per heavy atom. The molecule has 0 radical (unpaired) electrons. The topological polar surface area (TPSA) is 62.7 Å². The average molecular weight is 341 g/mol. The second-order valence-corrected chi connectivity index (χ2v) is 7.63. The van der Waals surface area contributed by atoms with Crippen molar-refractivity contribution in [3.05, 3.63) is 29.0 Å². The van der Waals surface area contributed by atoms with Gasteiger partial charge in [0, 0.05) is 30.9 Å². The van der Waals surface area contributed by atoms with Gasteiger partial charge >= 0.3 is 6.09 Å². The minimum Gasteiger partial charge on any atom is -0.444 e. The number of aromatic nitrogens is 1. The van der Waals surface area contributed by atoms with Crippen molar-refractivity contribution < 1.29 is 14.6 Å². The number of hydrogen-bond acceptors (Lipinski definition) is 4. The molecule has 1 aromatic rings. The number of hydrogen-bond donors (Lipinski definition) is 1. The van der Waals surface area contributed by atoms with E-state index in [4.69, 9.17) is 16.3 Å². The molecule has 1 atom stereocenters. The molecular formula is C17H25ClN2O3. The van der Waals surface area contributed by atoms with Crippen LogP contribution >= 0.6 is 11.6 Å². The Bertz CT molecular complexity index is 546. The molecule has 2 heterocycles. The first kappa shape index (κ1) is 18.0. The summed E-state index contributed by atoms with van der Waals surface area (Å²) >= 11 is 5.86. The molecule has 0 bridgehead atoms. The van der Waals surface area contributed by atoms with E-state index in [1.54, 1.807) is 17.2 Å². The molecule has 6 heteroatoms. The van der Waals surface area contributed by atoms with Crippen molar-refractivity contribution in [3.8, 4) is 0 Å². The van der Waals surface area contributed by atoms with Gasteiger partial charge in [0.2, 0.25) is 0 Å². The zero-order valence-electron chi connectivity index (χ0n) is 14.2. The summed E-state index contributed by atoms with van der Waals surface area (Å²) in [5.74, 6) is -0.124. The summed E-state index contributed by atoms with van der Waals surface area (Å²) in [6, 6.07) is 3.62. The number of amides is 1. The molecule has 128 valence electrons. The van der Waals surface area contributed by atoms with E-state index in [-0.39, 0.29) is 12.0 Å². The molecule has 23 heavy (non-hydrogen) atoms. The fraction of sp³-hybridized carbons (Fsp3) is 0.647. The van der Waals surface area contributed by atoms with Gasteiger partial charge in [-0.3, -0.25) is 4.98 Å². The monoisotopic (exact) mass is 340 g/mol. The molecule has 5 nitrogen and oxygen atoms in total. The van der Waals surface area contributed by atoms with Crippen LogP contribution in [0.25, 0.3) is 0 Å². The lowest BCUT2D eigenvalue weighted by Gasteiger charge is -2.41. The normalized spacial score (nSPS) is 19.3. The number of halogens is 1. The second kappa shape index (κ2) is 6.65. The van der Waals surface area contributed by atoms with Crippen molar-refractivity contribution in [3.63, 3.8) is 0 Å². The van der Waals surface area contributed by atoms with Crippen LogP contribution in [0.3, 0.4) is 0 Å². The van der Waals surface area contributed by atoms with Crippen LogP contribution in [0.15, 0.2) is 18.3 Å². The van der Waals surface area contributed by atoms with Gasteiger partial charge in [-0.15, -0.1) is 0 Å². The summed E-state index contributed by atoms with van der Waals surface area (Å²) in [5, 5.41) is 11.5. The average Bonchev–Trinajstić information content (AvgIpc) is 2.46. The first-order valence-corrected chi connectivity index (χ1v) is 8.30. The summed E-state index contributed by atoms with van der Waals surface area (Å²) < 4.78 is 5.38. The van der Waals surface area contributed by atoms with Crippen molar-refractivity contribution in [1.29, 1.82) is 0 Å². The highest BCUT2D eigenvalue weighted by Gasteiger charge is 2.40. The third-order valence-corrected chi connectivity index (χ3v) is 4.50. The molecule has 0 spiro atoms. The van der Waals surface area contributed by atoms with Crippen molar-refractivity contribution >= 4 is 17.7 Å². The predicted octanol–water partition coefficient (Wildman–Crippen LogP) is 3.60. The van der Waals surface area contributed by atoms with E-state index in [9.17, 15) is 9.90 Å². The maximum atomic E-state index is 12.1. The van der Waals surface area contributed by atoms with E-state index in [1.165, 1.54) is 0 Å². The summed E-state index contributed by atoms with van der Waals surface area (Å²) in [6.07, 6.45) is 2.26. The highest BCUT2D eigenvalue weighted by Crippen LogP contribution is 2.36. The number of nitrogens with zero attached hydrogens (tertiary/aromatic N) is 2. The van der Waals surface area contributed by atoms with E-state index in [2.05, 4.69) is 4.98 Å². The van der Waals surface area contributed by atoms with Crippen LogP contribution in [-0.2, 0) is 4.74 Å². The van der Waals surface area contributed by atoms with Crippen molar-refractivity contribution in [1.82, 2.24) is 9.88 Å². The van der Waals surface area contributed by atoms with E-state index in [0.29, 0.717) is 31.0 Å². The van der Waals surface area contributed by atoms with Gasteiger partial charge in [0.1, 0.15) is 5.60 Å². The van der Waals surface area contributed by atoms with Gasteiger partial charge in [-0.1, -0.05) is 18.5 Å². The zero-order chi connectivity index (χ0) is 17.3. The minimum atomic E-state index is -0.876. The predicted molar refractivity (Wildman–Crippen MR) is 89.7 cm³/mol. The number of piperidine rings is 1. The van der Waals surface area contributed by atoms with Crippen LogP contribution in [0.2, 0.25) is 5.02 Å². The molecule has 1 saturated heterocycles. The van der Waals surface area contributed by atoms with E-state index < -0.39 is 11.2 Å². The van der Waals surface area contributed by atoms with Gasteiger partial charge in [0.05, 0.1) is 10.6 Å². The summed E-state index contributed by atoms with van der Waals surface area (Å²) in [4.78, 5) is 18.1. The lowest BCUT2D eigenvalue weighted by Crippen LogP contribution is -2.50. The molecule has 1 aliphatic heterocycles. The fourth-order valence-electron chi connectivity index (χ4n) is 2.75. The third kappa shape index (κ3) is 4.58. The van der Waals surface area contributed by atoms with Gasteiger partial charge < -0.3 is 14.7 Å². The number of aliphatic hydroxyl groups is 1. The van der Waals surface area contributed by atoms with Crippen molar-refractivity contribution in [2.75, 3.05) is 13.1 Å². The Morgan fingerprint density at radius 3 is 2.48 bits per heavy atom. The highest BCUT2D eigenvalue weighted by atomic mass is 35.5. The highest BCUT2D eigenvalue weighted by molar-refractivity contribution is 6.30. The molecule has 0 unspecified atom stereocenters. The maximum absolute atomic E-state index is 12.1. The van der Waals surface area contributed by atoms with Gasteiger partial charge in [0.15, 0.2) is 0 Å². The molecule has 2 rings (SSSR count). The zero-order valence-corrected chi connectivity index (χ0v) is 14.9. The standard InChI is InChI=1S/C17H25ClN2O3/c1-12(14-6-5-13(18)11-19-14)17(22)7-9-20(10-8-17)15(21)23-16(2,3)4/h5-6,11-12,22H,7-10H2,1-4H3/t12-/m1/s1. The minimum absolute atomic E-state index is 0.124. The van der Waals surface area contributed by atoms with Gasteiger partial charge in [-0.2, -0.15) is 0 Å². The number of ether oxygens (including phenoxy) is 1. The Morgan fingerprint density at radius 1 is 1.39 bits per heavy atom. The Labute approximate surface area is 142 Å². The maximum Gasteiger partial charge on any atom is 0.410 e. The molecule has 0 saturated carbocycles. The fourth-order valence-corrected chi connectivity index (χ4v) is 2.87. The Kier molecular flexibility index (Phi) is 5.21. The third-order valence-electron chi connectivity index (χ3n) is 4.28. The molecule has 1 N–H and O–H groups in total. The number of rotatable bonds is 2. The van der Waals surface area contributed by atoms with Crippen molar-refractivity contribution in [2.24, 2.45) is 0 Å². The number of carbonyl (C=O) groups excluding carboxylic acids is 1. The summed E-state index contributed by atoms with van der Waals surface area (Å²) in [5.41, 5.74) is -0.576. The SMILES string of the molecule is C[C@H](c1ccc(Cl)cn1)C1(O)CCN(C(=O)OC(C)(C)C)CC1. The Hall–Kier alpha value is -1.33. The first-order valence-electron chi connectivity index (χ1n) is 7.92. The smallest absolute Gasteiger partial charge is 0.410 e. The quantitative estimate of drug-likeness (QED) is 0.893. The summed E-state index contributed by atoms with van der Waals surface area (Å²) in [7, 11) is 0. The lowest BCUT2D eigenvalue weighted by molar-refractivity contribution is -0.0459.